The van der Waals surface area contributed by atoms with E-state index in [-0.39, 0.29) is 0 Å². The molecule has 1 rings (SSSR count). The zero-order chi connectivity index (χ0) is 16.3. The van der Waals surface area contributed by atoms with Crippen LogP contribution in [-0.4, -0.2) is 24.2 Å². The highest BCUT2D eigenvalue weighted by molar-refractivity contribution is 5.85. The number of hydrogen-bond acceptors (Lipinski definition) is 3. The molecule has 0 aromatic heterocycles. The van der Waals surface area contributed by atoms with Gasteiger partial charge < -0.3 is 10.5 Å². The second-order valence-electron chi connectivity index (χ2n) is 6.01. The van der Waals surface area contributed by atoms with Gasteiger partial charge in [-0.3, -0.25) is 5.32 Å². The molecule has 0 radical (unpaired) electrons. The van der Waals surface area contributed by atoms with Crippen LogP contribution >= 0.6 is 0 Å². The van der Waals surface area contributed by atoms with Crippen LogP contribution in [0.1, 0.15) is 31.9 Å². The molecule has 1 amide bonds. The highest BCUT2D eigenvalue weighted by atomic mass is 19.3. The first-order chi connectivity index (χ1) is 9.52. The van der Waals surface area contributed by atoms with Gasteiger partial charge in [0, 0.05) is 12.1 Å². The Morgan fingerprint density at radius 1 is 1.33 bits per heavy atom. The predicted octanol–water partition coefficient (Wildman–Crippen LogP) is 3.48. The van der Waals surface area contributed by atoms with Gasteiger partial charge in [0.1, 0.15) is 5.60 Å². The fourth-order valence-corrected chi connectivity index (χ4v) is 1.76. The number of carbonyl (C=O) groups excluding carboxylic acids is 1. The molecule has 4 nitrogen and oxygen atoms in total. The second-order valence-corrected chi connectivity index (χ2v) is 6.01. The molecule has 21 heavy (non-hydrogen) atoms. The van der Waals surface area contributed by atoms with Gasteiger partial charge in [-0.05, 0) is 44.9 Å². The van der Waals surface area contributed by atoms with E-state index < -0.39 is 30.6 Å². The number of amides is 1. The van der Waals surface area contributed by atoms with E-state index in [1.54, 1.807) is 45.9 Å². The van der Waals surface area contributed by atoms with Crippen LogP contribution in [0.5, 0.6) is 0 Å². The Kier molecular flexibility index (Phi) is 5.28. The zero-order valence-electron chi connectivity index (χ0n) is 12.8. The average Bonchev–Trinajstić information content (AvgIpc) is 2.30. The molecule has 0 aliphatic rings. The van der Waals surface area contributed by atoms with Crippen LogP contribution in [0.2, 0.25) is 0 Å². The molecule has 0 spiro atoms. The van der Waals surface area contributed by atoms with Crippen molar-refractivity contribution >= 4 is 11.8 Å². The molecule has 0 aliphatic heterocycles. The smallest absolute Gasteiger partial charge is 0.412 e. The topological polar surface area (TPSA) is 64.3 Å². The third kappa shape index (κ3) is 6.08. The molecule has 6 heteroatoms. The molecular weight excluding hydrogens is 278 g/mol. The molecule has 1 aromatic rings. The van der Waals surface area contributed by atoms with Gasteiger partial charge in [-0.25, -0.2) is 13.6 Å². The van der Waals surface area contributed by atoms with E-state index in [9.17, 15) is 13.6 Å². The summed E-state index contributed by atoms with van der Waals surface area (Å²) in [6.07, 6.45) is -0.998. The molecule has 0 fully saturated rings. The average molecular weight is 300 g/mol. The Balaban J connectivity index is 2.77. The van der Waals surface area contributed by atoms with E-state index >= 15 is 0 Å². The number of ether oxygens (including phenoxy) is 1. The summed E-state index contributed by atoms with van der Waals surface area (Å²) in [4.78, 5) is 11.7. The van der Waals surface area contributed by atoms with Gasteiger partial charge in [-0.1, -0.05) is 12.1 Å². The first-order valence-corrected chi connectivity index (χ1v) is 6.70. The summed E-state index contributed by atoms with van der Waals surface area (Å²) in [5, 5.41) is 2.60. The van der Waals surface area contributed by atoms with Gasteiger partial charge in [0.05, 0.1) is 6.54 Å². The van der Waals surface area contributed by atoms with Crippen LogP contribution in [0.15, 0.2) is 18.2 Å². The lowest BCUT2D eigenvalue weighted by Gasteiger charge is -2.20. The molecule has 0 heterocycles. The van der Waals surface area contributed by atoms with Gasteiger partial charge in [-0.2, -0.15) is 0 Å². The van der Waals surface area contributed by atoms with Crippen molar-refractivity contribution in [3.05, 3.63) is 29.3 Å². The molecule has 118 valence electrons. The van der Waals surface area contributed by atoms with E-state index in [1.807, 2.05) is 0 Å². The summed E-state index contributed by atoms with van der Waals surface area (Å²) in [5.41, 5.74) is 6.11. The van der Waals surface area contributed by atoms with E-state index in [0.717, 1.165) is 0 Å². The number of nitrogens with one attached hydrogen (secondary N) is 1. The van der Waals surface area contributed by atoms with Crippen molar-refractivity contribution in [3.63, 3.8) is 0 Å². The number of rotatable bonds is 4. The van der Waals surface area contributed by atoms with Crippen molar-refractivity contribution in [3.8, 4) is 0 Å². The predicted molar refractivity (Wildman–Crippen MR) is 78.7 cm³/mol. The van der Waals surface area contributed by atoms with E-state index in [2.05, 4.69) is 5.32 Å². The van der Waals surface area contributed by atoms with Gasteiger partial charge in [0.15, 0.2) is 0 Å². The standard InChI is InChI=1S/C15H22F2N2O2/c1-10-7-11(8-15(16,17)9-18)5-6-12(10)19-13(20)21-14(2,3)4/h5-7H,8-9,18H2,1-4H3,(H,19,20). The van der Waals surface area contributed by atoms with Crippen LogP contribution in [0, 0.1) is 6.92 Å². The van der Waals surface area contributed by atoms with Crippen molar-refractivity contribution in [2.24, 2.45) is 5.73 Å². The minimum atomic E-state index is -2.92. The first-order valence-electron chi connectivity index (χ1n) is 6.70. The van der Waals surface area contributed by atoms with Gasteiger partial charge in [0.25, 0.3) is 5.92 Å². The third-order valence-corrected chi connectivity index (χ3v) is 2.69. The maximum atomic E-state index is 13.3. The summed E-state index contributed by atoms with van der Waals surface area (Å²) in [6, 6.07) is 4.74. The number of hydrogen-bond donors (Lipinski definition) is 2. The number of anilines is 1. The lowest BCUT2D eigenvalue weighted by atomic mass is 10.0. The number of benzene rings is 1. The molecule has 0 saturated heterocycles. The molecule has 0 aliphatic carbocycles. The summed E-state index contributed by atoms with van der Waals surface area (Å²) < 4.78 is 31.6. The van der Waals surface area contributed by atoms with Crippen molar-refractivity contribution in [1.82, 2.24) is 0 Å². The van der Waals surface area contributed by atoms with E-state index in [1.165, 1.54) is 0 Å². The lowest BCUT2D eigenvalue weighted by molar-refractivity contribution is 0.0115. The maximum Gasteiger partial charge on any atom is 0.412 e. The molecule has 0 atom stereocenters. The van der Waals surface area contributed by atoms with Gasteiger partial charge in [-0.15, -0.1) is 0 Å². The third-order valence-electron chi connectivity index (χ3n) is 2.69. The van der Waals surface area contributed by atoms with E-state index in [4.69, 9.17) is 10.5 Å². The van der Waals surface area contributed by atoms with Crippen LogP contribution in [-0.2, 0) is 11.2 Å². The Bertz CT molecular complexity index is 511. The monoisotopic (exact) mass is 300 g/mol. The Hall–Kier alpha value is -1.69. The van der Waals surface area contributed by atoms with Crippen LogP contribution in [0.3, 0.4) is 0 Å². The summed E-state index contributed by atoms with van der Waals surface area (Å²) >= 11 is 0. The Labute approximate surface area is 123 Å². The normalized spacial score (nSPS) is 12.1. The van der Waals surface area contributed by atoms with Crippen molar-refractivity contribution in [2.75, 3.05) is 11.9 Å². The van der Waals surface area contributed by atoms with Crippen LogP contribution in [0.25, 0.3) is 0 Å². The van der Waals surface area contributed by atoms with Crippen molar-refractivity contribution in [1.29, 1.82) is 0 Å². The molecule has 0 unspecified atom stereocenters. The Morgan fingerprint density at radius 3 is 2.43 bits per heavy atom. The first kappa shape index (κ1) is 17.4. The maximum absolute atomic E-state index is 13.3. The number of halogens is 2. The van der Waals surface area contributed by atoms with Crippen LogP contribution in [0.4, 0.5) is 19.3 Å². The highest BCUT2D eigenvalue weighted by Gasteiger charge is 2.27. The van der Waals surface area contributed by atoms with Gasteiger partial charge in [0.2, 0.25) is 0 Å². The number of alkyl halides is 2. The zero-order valence-corrected chi connectivity index (χ0v) is 12.8. The van der Waals surface area contributed by atoms with Crippen molar-refractivity contribution in [2.45, 2.75) is 45.6 Å². The quantitative estimate of drug-likeness (QED) is 0.894. The number of nitrogens with two attached hydrogens (primary N) is 1. The van der Waals surface area contributed by atoms with Crippen LogP contribution < -0.4 is 11.1 Å². The fourth-order valence-electron chi connectivity index (χ4n) is 1.76. The minimum absolute atomic E-state index is 0.420. The Morgan fingerprint density at radius 2 is 1.95 bits per heavy atom. The molecule has 3 N–H and O–H groups in total. The molecule has 1 aromatic carbocycles. The summed E-state index contributed by atoms with van der Waals surface area (Å²) in [5.74, 6) is -2.92. The highest BCUT2D eigenvalue weighted by Crippen LogP contribution is 2.23. The lowest BCUT2D eigenvalue weighted by Crippen LogP contribution is -2.30. The molecule has 0 saturated carbocycles. The SMILES string of the molecule is Cc1cc(CC(F)(F)CN)ccc1NC(=O)OC(C)(C)C. The molecule has 0 bridgehead atoms. The second kappa shape index (κ2) is 6.39. The summed E-state index contributed by atoms with van der Waals surface area (Å²) in [7, 11) is 0. The minimum Gasteiger partial charge on any atom is -0.444 e. The largest absolute Gasteiger partial charge is 0.444 e. The van der Waals surface area contributed by atoms with E-state index in [0.29, 0.717) is 16.8 Å². The molecular formula is C15H22F2N2O2. The van der Waals surface area contributed by atoms with Crippen molar-refractivity contribution < 1.29 is 18.3 Å². The summed E-state index contributed by atoms with van der Waals surface area (Å²) in [6.45, 7) is 6.33. The number of aryl methyl sites for hydroxylation is 1. The fraction of sp³-hybridized carbons (Fsp3) is 0.533. The van der Waals surface area contributed by atoms with Gasteiger partial charge >= 0.3 is 6.09 Å². The number of carbonyl (C=O) groups is 1.